The minimum Gasteiger partial charge on any atom is -0.487 e. The number of carbonyl (C=O) groups is 1. The van der Waals surface area contributed by atoms with Gasteiger partial charge in [-0.25, -0.2) is 9.78 Å². The van der Waals surface area contributed by atoms with Crippen LogP contribution in [0, 0.1) is 0 Å². The number of nitrogens with zero attached hydrogens (tertiary/aromatic N) is 2. The Kier molecular flexibility index (Phi) is 7.33. The first-order chi connectivity index (χ1) is 14.3. The van der Waals surface area contributed by atoms with Gasteiger partial charge in [0.1, 0.15) is 29.8 Å². The van der Waals surface area contributed by atoms with Crippen molar-refractivity contribution >= 4 is 23.1 Å². The Labute approximate surface area is 181 Å². The average Bonchev–Trinajstić information content (AvgIpc) is 3.19. The molecule has 0 spiro atoms. The van der Waals surface area contributed by atoms with E-state index in [-0.39, 0.29) is 6.09 Å². The zero-order valence-corrected chi connectivity index (χ0v) is 18.7. The fourth-order valence-corrected chi connectivity index (χ4v) is 4.19. The summed E-state index contributed by atoms with van der Waals surface area (Å²) in [6.45, 7) is 7.52. The molecule has 4 N–H and O–H groups in total. The van der Waals surface area contributed by atoms with Crippen molar-refractivity contribution in [3.05, 3.63) is 52.7 Å². The molecule has 2 aromatic rings. The standard InChI is InChI=1S/C22H30N4O3S/c1-22(2,3)29-21(27)26-12-8-16(9-13-26)20-25-18(15-30-20)14-28-19-6-4-17(5-7-19)24-11-10-23/h4-7,10-11,15-16,24H,8-9,12-14,23H2,1-3H3/p+1. The number of nitrogens with two attached hydrogens (primary N) is 2. The number of rotatable bonds is 6. The van der Waals surface area contributed by atoms with Gasteiger partial charge in [0.15, 0.2) is 0 Å². The van der Waals surface area contributed by atoms with Crippen LogP contribution in [0.2, 0.25) is 0 Å². The molecule has 7 nitrogen and oxygen atoms in total. The molecule has 0 aliphatic carbocycles. The molecular weight excluding hydrogens is 400 g/mol. The molecule has 0 atom stereocenters. The van der Waals surface area contributed by atoms with Crippen LogP contribution in [0.3, 0.4) is 0 Å². The van der Waals surface area contributed by atoms with Crippen molar-refractivity contribution in [2.45, 2.75) is 51.7 Å². The third-order valence-electron chi connectivity index (χ3n) is 4.73. The molecular formula is C22H31N4O3S+. The van der Waals surface area contributed by atoms with E-state index in [9.17, 15) is 4.79 Å². The SMILES string of the molecule is CC(C)(C)OC(=O)N1CCC(c2nc(COc3ccc([NH2+]C=CN)cc3)cs2)CC1. The minimum atomic E-state index is -0.460. The lowest BCUT2D eigenvalue weighted by molar-refractivity contribution is -0.496. The highest BCUT2D eigenvalue weighted by atomic mass is 32.1. The molecule has 162 valence electrons. The molecule has 30 heavy (non-hydrogen) atoms. The van der Waals surface area contributed by atoms with Crippen LogP contribution in [0.1, 0.15) is 50.2 Å². The molecule has 1 fully saturated rings. The summed E-state index contributed by atoms with van der Waals surface area (Å²) in [4.78, 5) is 18.8. The Morgan fingerprint density at radius 1 is 1.30 bits per heavy atom. The zero-order valence-electron chi connectivity index (χ0n) is 17.8. The second-order valence-corrected chi connectivity index (χ2v) is 9.22. The van der Waals surface area contributed by atoms with Gasteiger partial charge in [-0.2, -0.15) is 0 Å². The molecule has 0 radical (unpaired) electrons. The van der Waals surface area contributed by atoms with Gasteiger partial charge in [-0.05, 0) is 45.7 Å². The van der Waals surface area contributed by atoms with Gasteiger partial charge in [-0.3, -0.25) is 5.32 Å². The number of hydrogen-bond acceptors (Lipinski definition) is 6. The van der Waals surface area contributed by atoms with Crippen LogP contribution in [0.5, 0.6) is 5.75 Å². The Balaban J connectivity index is 1.47. The lowest BCUT2D eigenvalue weighted by Crippen LogP contribution is -2.71. The van der Waals surface area contributed by atoms with Crippen molar-refractivity contribution in [3.63, 3.8) is 0 Å². The zero-order chi connectivity index (χ0) is 21.6. The van der Waals surface area contributed by atoms with E-state index in [0.717, 1.165) is 35.0 Å². The highest BCUT2D eigenvalue weighted by Crippen LogP contribution is 2.31. The summed E-state index contributed by atoms with van der Waals surface area (Å²) in [6, 6.07) is 7.85. The average molecular weight is 432 g/mol. The lowest BCUT2D eigenvalue weighted by atomic mass is 9.98. The van der Waals surface area contributed by atoms with Gasteiger partial charge in [0.25, 0.3) is 0 Å². The number of thiazole rings is 1. The van der Waals surface area contributed by atoms with Crippen LogP contribution in [-0.2, 0) is 11.3 Å². The van der Waals surface area contributed by atoms with Crippen LogP contribution < -0.4 is 15.8 Å². The second-order valence-electron chi connectivity index (χ2n) is 8.33. The van der Waals surface area contributed by atoms with Crippen LogP contribution in [0.4, 0.5) is 10.5 Å². The van der Waals surface area contributed by atoms with E-state index in [4.69, 9.17) is 20.2 Å². The quantitative estimate of drug-likeness (QED) is 0.683. The number of aromatic nitrogens is 1. The first kappa shape index (κ1) is 22.1. The third kappa shape index (κ3) is 6.47. The summed E-state index contributed by atoms with van der Waals surface area (Å²) in [5, 5.41) is 5.12. The minimum absolute atomic E-state index is 0.225. The Morgan fingerprint density at radius 3 is 2.63 bits per heavy atom. The number of carbonyl (C=O) groups excluding carboxylic acids is 1. The van der Waals surface area contributed by atoms with E-state index in [1.54, 1.807) is 22.4 Å². The van der Waals surface area contributed by atoms with Gasteiger partial charge in [-0.15, -0.1) is 11.3 Å². The summed E-state index contributed by atoms with van der Waals surface area (Å²) < 4.78 is 11.3. The van der Waals surface area contributed by atoms with Crippen molar-refractivity contribution in [3.8, 4) is 5.75 Å². The Bertz CT molecular complexity index is 850. The van der Waals surface area contributed by atoms with E-state index < -0.39 is 5.60 Å². The maximum atomic E-state index is 12.2. The predicted molar refractivity (Wildman–Crippen MR) is 118 cm³/mol. The van der Waals surface area contributed by atoms with Crippen molar-refractivity contribution in [2.75, 3.05) is 13.1 Å². The number of likely N-dealkylation sites (tertiary alicyclic amines) is 1. The highest BCUT2D eigenvalue weighted by molar-refractivity contribution is 7.09. The smallest absolute Gasteiger partial charge is 0.410 e. The molecule has 0 bridgehead atoms. The van der Waals surface area contributed by atoms with Gasteiger partial charge in [0, 0.05) is 42.7 Å². The highest BCUT2D eigenvalue weighted by Gasteiger charge is 2.28. The number of quaternary nitrogens is 1. The van der Waals surface area contributed by atoms with Crippen molar-refractivity contribution < 1.29 is 19.6 Å². The molecule has 3 rings (SSSR count). The fraction of sp³-hybridized carbons (Fsp3) is 0.455. The number of piperidine rings is 1. The molecule has 8 heteroatoms. The largest absolute Gasteiger partial charge is 0.487 e. The molecule has 2 heterocycles. The number of amides is 1. The maximum Gasteiger partial charge on any atom is 0.410 e. The van der Waals surface area contributed by atoms with Crippen molar-refractivity contribution in [2.24, 2.45) is 5.73 Å². The summed E-state index contributed by atoms with van der Waals surface area (Å²) in [7, 11) is 0. The van der Waals surface area contributed by atoms with E-state index >= 15 is 0 Å². The molecule has 0 unspecified atom stereocenters. The van der Waals surface area contributed by atoms with Crippen LogP contribution in [0.15, 0.2) is 42.0 Å². The number of ether oxygens (including phenoxy) is 2. The van der Waals surface area contributed by atoms with E-state index in [0.29, 0.717) is 25.6 Å². The first-order valence-electron chi connectivity index (χ1n) is 10.2. The normalized spacial score (nSPS) is 15.5. The monoisotopic (exact) mass is 431 g/mol. The molecule has 1 aliphatic rings. The Morgan fingerprint density at radius 2 is 2.00 bits per heavy atom. The van der Waals surface area contributed by atoms with Gasteiger partial charge >= 0.3 is 6.09 Å². The predicted octanol–water partition coefficient (Wildman–Crippen LogP) is 3.46. The van der Waals surface area contributed by atoms with E-state index in [1.807, 2.05) is 50.4 Å². The van der Waals surface area contributed by atoms with Crippen LogP contribution in [-0.4, -0.2) is 34.7 Å². The molecule has 1 saturated heterocycles. The summed E-state index contributed by atoms with van der Waals surface area (Å²) in [5.41, 5.74) is 6.89. The van der Waals surface area contributed by atoms with Crippen LogP contribution in [0.25, 0.3) is 0 Å². The number of hydrogen-bond donors (Lipinski definition) is 2. The summed E-state index contributed by atoms with van der Waals surface area (Å²) >= 11 is 1.67. The Hall–Kier alpha value is -2.58. The van der Waals surface area contributed by atoms with Gasteiger partial charge in [-0.1, -0.05) is 0 Å². The van der Waals surface area contributed by atoms with E-state index in [1.165, 1.54) is 6.20 Å². The molecule has 1 amide bonds. The molecule has 1 aromatic carbocycles. The summed E-state index contributed by atoms with van der Waals surface area (Å²) in [5.74, 6) is 1.19. The molecule has 1 aliphatic heterocycles. The summed E-state index contributed by atoms with van der Waals surface area (Å²) in [6.07, 6.45) is 4.89. The van der Waals surface area contributed by atoms with Gasteiger partial charge in [0.2, 0.25) is 0 Å². The lowest BCUT2D eigenvalue weighted by Gasteiger charge is -2.32. The first-order valence-corrected chi connectivity index (χ1v) is 11.1. The molecule has 0 saturated carbocycles. The van der Waals surface area contributed by atoms with Gasteiger partial charge in [0.05, 0.1) is 10.7 Å². The topological polar surface area (TPSA) is 94.3 Å². The third-order valence-corrected chi connectivity index (χ3v) is 5.79. The van der Waals surface area contributed by atoms with Gasteiger partial charge < -0.3 is 20.1 Å². The van der Waals surface area contributed by atoms with Crippen molar-refractivity contribution in [1.29, 1.82) is 0 Å². The molecule has 1 aromatic heterocycles. The van der Waals surface area contributed by atoms with Crippen molar-refractivity contribution in [1.82, 2.24) is 9.88 Å². The fourth-order valence-electron chi connectivity index (χ4n) is 3.21. The van der Waals surface area contributed by atoms with E-state index in [2.05, 4.69) is 5.38 Å². The second kappa shape index (κ2) is 9.95. The van der Waals surface area contributed by atoms with Crippen LogP contribution >= 0.6 is 11.3 Å². The number of benzene rings is 1. The maximum absolute atomic E-state index is 12.2.